The number of anilines is 1. The summed E-state index contributed by atoms with van der Waals surface area (Å²) in [6.07, 6.45) is 1.70. The Hall–Kier alpha value is -3.61. The number of nitrogens with one attached hydrogen (secondary N) is 1. The molecule has 0 atom stereocenters. The monoisotopic (exact) mass is 394 g/mol. The molecule has 0 radical (unpaired) electrons. The molecule has 29 heavy (non-hydrogen) atoms. The number of fused-ring (bicyclic) bond motifs is 1. The number of pyridine rings is 1. The Labute approximate surface area is 167 Å². The van der Waals surface area contributed by atoms with Gasteiger partial charge in [0.25, 0.3) is 11.5 Å². The molecule has 3 rings (SSSR count). The molecule has 0 saturated heterocycles. The largest absolute Gasteiger partial charge is 0.483 e. The molecule has 0 aliphatic heterocycles. The van der Waals surface area contributed by atoms with E-state index in [0.29, 0.717) is 28.8 Å². The summed E-state index contributed by atoms with van der Waals surface area (Å²) >= 11 is 0. The highest BCUT2D eigenvalue weighted by atomic mass is 16.5. The second-order valence-electron chi connectivity index (χ2n) is 6.23. The molecule has 0 bridgehead atoms. The third kappa shape index (κ3) is 4.45. The maximum absolute atomic E-state index is 12.4. The molecule has 150 valence electrons. The Kier molecular flexibility index (Phi) is 6.29. The number of ether oxygens (including phenoxy) is 2. The van der Waals surface area contributed by atoms with Crippen LogP contribution in [0.15, 0.2) is 59.5 Å². The quantitative estimate of drug-likeness (QED) is 0.622. The van der Waals surface area contributed by atoms with Gasteiger partial charge in [-0.3, -0.25) is 9.59 Å². The van der Waals surface area contributed by atoms with Gasteiger partial charge in [0.1, 0.15) is 5.75 Å². The summed E-state index contributed by atoms with van der Waals surface area (Å²) in [6.45, 7) is 4.15. The highest BCUT2D eigenvalue weighted by Crippen LogP contribution is 2.23. The number of carbonyl (C=O) groups is 2. The van der Waals surface area contributed by atoms with Gasteiger partial charge in [-0.05, 0) is 44.2 Å². The summed E-state index contributed by atoms with van der Waals surface area (Å²) < 4.78 is 12.3. The highest BCUT2D eigenvalue weighted by molar-refractivity contribution is 6.01. The highest BCUT2D eigenvalue weighted by Gasteiger charge is 2.15. The topological polar surface area (TPSA) is 86.6 Å². The summed E-state index contributed by atoms with van der Waals surface area (Å²) in [7, 11) is 0. The van der Waals surface area contributed by atoms with Crippen LogP contribution in [-0.4, -0.2) is 29.7 Å². The molecule has 1 aromatic heterocycles. The third-order valence-electron chi connectivity index (χ3n) is 4.37. The van der Waals surface area contributed by atoms with Gasteiger partial charge in [-0.1, -0.05) is 18.2 Å². The van der Waals surface area contributed by atoms with Crippen molar-refractivity contribution in [2.45, 2.75) is 20.4 Å². The maximum atomic E-state index is 12.4. The first-order chi connectivity index (χ1) is 14.0. The number of aromatic nitrogens is 1. The molecule has 7 heteroatoms. The molecule has 0 spiro atoms. The van der Waals surface area contributed by atoms with E-state index in [-0.39, 0.29) is 24.3 Å². The Morgan fingerprint density at radius 3 is 2.55 bits per heavy atom. The van der Waals surface area contributed by atoms with Gasteiger partial charge >= 0.3 is 5.97 Å². The Bertz CT molecular complexity index is 1100. The average Bonchev–Trinajstić information content (AvgIpc) is 2.73. The number of hydrogen-bond donors (Lipinski definition) is 1. The first-order valence-electron chi connectivity index (χ1n) is 9.36. The van der Waals surface area contributed by atoms with E-state index in [4.69, 9.17) is 9.47 Å². The molecule has 3 aromatic rings. The molecule has 1 N–H and O–H groups in total. The van der Waals surface area contributed by atoms with Crippen molar-refractivity contribution >= 4 is 28.3 Å². The van der Waals surface area contributed by atoms with Gasteiger partial charge in [0, 0.05) is 18.1 Å². The standard InChI is InChI=1S/C22H22N2O5/c1-3-24-13-12-15-16(21(24)26)9-7-11-19(15)29-14-20(25)23-18-10-6-5-8-17(18)22(27)28-4-2/h5-13H,3-4,14H2,1-2H3,(H,23,25). The zero-order chi connectivity index (χ0) is 20.8. The lowest BCUT2D eigenvalue weighted by Gasteiger charge is -2.12. The summed E-state index contributed by atoms with van der Waals surface area (Å²) in [5.74, 6) is -0.497. The minimum atomic E-state index is -0.509. The Morgan fingerprint density at radius 2 is 1.79 bits per heavy atom. The fourth-order valence-corrected chi connectivity index (χ4v) is 2.97. The van der Waals surface area contributed by atoms with E-state index in [1.165, 1.54) is 0 Å². The number of benzene rings is 2. The van der Waals surface area contributed by atoms with Gasteiger partial charge in [0.2, 0.25) is 0 Å². The zero-order valence-electron chi connectivity index (χ0n) is 16.3. The van der Waals surface area contributed by atoms with E-state index >= 15 is 0 Å². The molecule has 0 aliphatic carbocycles. The first-order valence-corrected chi connectivity index (χ1v) is 9.36. The molecule has 0 unspecified atom stereocenters. The number of esters is 1. The van der Waals surface area contributed by atoms with Crippen molar-refractivity contribution < 1.29 is 19.1 Å². The molecule has 1 heterocycles. The van der Waals surface area contributed by atoms with Gasteiger partial charge in [-0.15, -0.1) is 0 Å². The Balaban J connectivity index is 1.75. The molecule has 0 aliphatic rings. The fraction of sp³-hybridized carbons (Fsp3) is 0.227. The predicted octanol–water partition coefficient (Wildman–Crippen LogP) is 3.22. The van der Waals surface area contributed by atoms with Gasteiger partial charge in [-0.25, -0.2) is 4.79 Å². The lowest BCUT2D eigenvalue weighted by molar-refractivity contribution is -0.118. The van der Waals surface area contributed by atoms with Crippen LogP contribution < -0.4 is 15.6 Å². The molecule has 1 amide bonds. The van der Waals surface area contributed by atoms with Crippen LogP contribution in [0.5, 0.6) is 5.75 Å². The first kappa shape index (κ1) is 20.1. The van der Waals surface area contributed by atoms with E-state index in [0.717, 1.165) is 0 Å². The predicted molar refractivity (Wildman–Crippen MR) is 110 cm³/mol. The second-order valence-corrected chi connectivity index (χ2v) is 6.23. The van der Waals surface area contributed by atoms with Gasteiger partial charge in [0.05, 0.1) is 23.2 Å². The molecule has 0 saturated carbocycles. The fourth-order valence-electron chi connectivity index (χ4n) is 2.97. The van der Waals surface area contributed by atoms with Crippen LogP contribution in [0, 0.1) is 0 Å². The van der Waals surface area contributed by atoms with Crippen LogP contribution in [0.2, 0.25) is 0 Å². The molecule has 7 nitrogen and oxygen atoms in total. The van der Waals surface area contributed by atoms with Crippen LogP contribution in [0.4, 0.5) is 5.69 Å². The zero-order valence-corrected chi connectivity index (χ0v) is 16.3. The van der Waals surface area contributed by atoms with Crippen molar-refractivity contribution in [1.29, 1.82) is 0 Å². The Morgan fingerprint density at radius 1 is 1.00 bits per heavy atom. The normalized spacial score (nSPS) is 10.6. The van der Waals surface area contributed by atoms with Crippen molar-refractivity contribution in [3.63, 3.8) is 0 Å². The van der Waals surface area contributed by atoms with E-state index in [9.17, 15) is 14.4 Å². The van der Waals surface area contributed by atoms with Gasteiger partial charge in [0.15, 0.2) is 6.61 Å². The van der Waals surface area contributed by atoms with Crippen LogP contribution in [-0.2, 0) is 16.1 Å². The maximum Gasteiger partial charge on any atom is 0.340 e. The van der Waals surface area contributed by atoms with Crippen molar-refractivity contribution in [3.8, 4) is 5.75 Å². The van der Waals surface area contributed by atoms with Crippen molar-refractivity contribution in [2.24, 2.45) is 0 Å². The minimum absolute atomic E-state index is 0.108. The number of amides is 1. The number of nitrogens with zero attached hydrogens (tertiary/aromatic N) is 1. The lowest BCUT2D eigenvalue weighted by atomic mass is 10.1. The minimum Gasteiger partial charge on any atom is -0.483 e. The van der Waals surface area contributed by atoms with E-state index in [2.05, 4.69) is 5.32 Å². The van der Waals surface area contributed by atoms with Gasteiger partial charge in [-0.2, -0.15) is 0 Å². The van der Waals surface area contributed by atoms with E-state index in [1.807, 2.05) is 6.92 Å². The third-order valence-corrected chi connectivity index (χ3v) is 4.37. The van der Waals surface area contributed by atoms with Crippen molar-refractivity contribution in [3.05, 3.63) is 70.6 Å². The van der Waals surface area contributed by atoms with Gasteiger partial charge < -0.3 is 19.4 Å². The lowest BCUT2D eigenvalue weighted by Crippen LogP contribution is -2.22. The van der Waals surface area contributed by atoms with Crippen LogP contribution >= 0.6 is 0 Å². The number of rotatable bonds is 7. The number of para-hydroxylation sites is 1. The van der Waals surface area contributed by atoms with E-state index in [1.54, 1.807) is 66.2 Å². The molecular formula is C22H22N2O5. The SMILES string of the molecule is CCOC(=O)c1ccccc1NC(=O)COc1cccc2c(=O)n(CC)ccc12. The van der Waals surface area contributed by atoms with E-state index < -0.39 is 11.9 Å². The summed E-state index contributed by atoms with van der Waals surface area (Å²) in [5, 5.41) is 3.84. The van der Waals surface area contributed by atoms with Crippen molar-refractivity contribution in [2.75, 3.05) is 18.5 Å². The second kappa shape index (κ2) is 9.05. The van der Waals surface area contributed by atoms with Crippen molar-refractivity contribution in [1.82, 2.24) is 4.57 Å². The summed E-state index contributed by atoms with van der Waals surface area (Å²) in [6, 6.07) is 13.5. The van der Waals surface area contributed by atoms with Crippen LogP contribution in [0.1, 0.15) is 24.2 Å². The number of hydrogen-bond acceptors (Lipinski definition) is 5. The molecular weight excluding hydrogens is 372 g/mol. The number of carbonyl (C=O) groups excluding carboxylic acids is 2. The van der Waals surface area contributed by atoms with Crippen LogP contribution in [0.25, 0.3) is 10.8 Å². The average molecular weight is 394 g/mol. The molecule has 2 aromatic carbocycles. The number of aryl methyl sites for hydroxylation is 1. The summed E-state index contributed by atoms with van der Waals surface area (Å²) in [4.78, 5) is 36.8. The smallest absolute Gasteiger partial charge is 0.340 e. The summed E-state index contributed by atoms with van der Waals surface area (Å²) in [5.41, 5.74) is 0.513. The molecule has 0 fully saturated rings. The van der Waals surface area contributed by atoms with Crippen LogP contribution in [0.3, 0.4) is 0 Å².